The van der Waals surface area contributed by atoms with Crippen molar-refractivity contribution in [2.24, 2.45) is 11.8 Å². The van der Waals surface area contributed by atoms with Crippen LogP contribution in [0, 0.1) is 25.7 Å². The summed E-state index contributed by atoms with van der Waals surface area (Å²) in [6, 6.07) is 4.10. The number of hydrogen-bond donors (Lipinski definition) is 1. The molecule has 2 aromatic heterocycles. The summed E-state index contributed by atoms with van der Waals surface area (Å²) < 4.78 is 8.39. The van der Waals surface area contributed by atoms with E-state index in [1.54, 1.807) is 6.20 Å². The number of aromatic nitrogens is 3. The molecule has 0 saturated carbocycles. The highest BCUT2D eigenvalue weighted by Crippen LogP contribution is 2.55. The lowest BCUT2D eigenvalue weighted by Crippen LogP contribution is -2.42. The van der Waals surface area contributed by atoms with E-state index in [4.69, 9.17) is 4.74 Å². The topological polar surface area (TPSA) is 72.3 Å². The fourth-order valence-corrected chi connectivity index (χ4v) is 5.73. The molecule has 154 valence electrons. The van der Waals surface area contributed by atoms with Gasteiger partial charge < -0.3 is 15.0 Å². The minimum Gasteiger partial charge on any atom is -0.369 e. The summed E-state index contributed by atoms with van der Waals surface area (Å²) in [5.41, 5.74) is 2.71. The molecule has 2 aromatic rings. The molecule has 2 bridgehead atoms. The van der Waals surface area contributed by atoms with Crippen LogP contribution in [0.4, 0.5) is 5.82 Å². The summed E-state index contributed by atoms with van der Waals surface area (Å²) in [4.78, 5) is 19.8. The van der Waals surface area contributed by atoms with Crippen LogP contribution in [0.1, 0.15) is 41.4 Å². The normalized spacial score (nSPS) is 30.0. The number of carbonyl (C=O) groups is 1. The Labute approximate surface area is 171 Å². The lowest BCUT2D eigenvalue weighted by atomic mass is 9.73. The van der Waals surface area contributed by atoms with Gasteiger partial charge in [-0.2, -0.15) is 5.10 Å². The number of rotatable bonds is 5. The number of anilines is 1. The molecule has 5 rings (SSSR count). The molecule has 7 heteroatoms. The average Bonchev–Trinajstić information content (AvgIpc) is 3.45. The second-order valence-corrected chi connectivity index (χ2v) is 8.72. The van der Waals surface area contributed by atoms with Gasteiger partial charge in [0.05, 0.1) is 23.5 Å². The fraction of sp³-hybridized carbons (Fsp3) is 0.591. The second-order valence-electron chi connectivity index (χ2n) is 8.72. The van der Waals surface area contributed by atoms with Gasteiger partial charge in [0.2, 0.25) is 0 Å². The van der Waals surface area contributed by atoms with Crippen molar-refractivity contribution < 1.29 is 9.53 Å². The van der Waals surface area contributed by atoms with Crippen LogP contribution in [0.5, 0.6) is 0 Å². The summed E-state index contributed by atoms with van der Waals surface area (Å²) in [5.74, 6) is 1.81. The summed E-state index contributed by atoms with van der Waals surface area (Å²) >= 11 is 0. The van der Waals surface area contributed by atoms with Crippen LogP contribution < -0.4 is 10.2 Å². The Morgan fingerprint density at radius 1 is 1.41 bits per heavy atom. The zero-order chi connectivity index (χ0) is 20.2. The van der Waals surface area contributed by atoms with Crippen LogP contribution in [-0.4, -0.2) is 52.0 Å². The average molecular weight is 396 g/mol. The lowest BCUT2D eigenvalue weighted by Gasteiger charge is -2.29. The van der Waals surface area contributed by atoms with Gasteiger partial charge in [-0.1, -0.05) is 6.07 Å². The SMILES string of the molecule is CCn1ncc(C(=O)NC[C@H]2[C@H]3CN(c4ncccc4C)C[C@]34CC[C@H]2O4)c1C. The highest BCUT2D eigenvalue weighted by atomic mass is 16.5. The van der Waals surface area contributed by atoms with Crippen LogP contribution in [-0.2, 0) is 11.3 Å². The molecule has 0 radical (unpaired) electrons. The zero-order valence-corrected chi connectivity index (χ0v) is 17.4. The van der Waals surface area contributed by atoms with E-state index < -0.39 is 0 Å². The first-order valence-corrected chi connectivity index (χ1v) is 10.7. The molecule has 4 atom stereocenters. The first-order valence-electron chi connectivity index (χ1n) is 10.7. The van der Waals surface area contributed by atoms with Gasteiger partial charge in [-0.15, -0.1) is 0 Å². The van der Waals surface area contributed by atoms with Crippen molar-refractivity contribution >= 4 is 11.7 Å². The molecule has 29 heavy (non-hydrogen) atoms. The summed E-state index contributed by atoms with van der Waals surface area (Å²) in [6.45, 7) is 9.37. The molecule has 1 amide bonds. The van der Waals surface area contributed by atoms with Gasteiger partial charge in [-0.25, -0.2) is 4.98 Å². The van der Waals surface area contributed by atoms with Gasteiger partial charge in [0.25, 0.3) is 5.91 Å². The van der Waals surface area contributed by atoms with E-state index in [0.717, 1.165) is 44.0 Å². The number of aryl methyl sites for hydroxylation is 2. The number of nitrogens with one attached hydrogen (secondary N) is 1. The van der Waals surface area contributed by atoms with Crippen LogP contribution in [0.2, 0.25) is 0 Å². The van der Waals surface area contributed by atoms with Crippen LogP contribution in [0.15, 0.2) is 24.5 Å². The van der Waals surface area contributed by atoms with E-state index in [0.29, 0.717) is 23.9 Å². The summed E-state index contributed by atoms with van der Waals surface area (Å²) in [6.07, 6.45) is 5.99. The molecule has 0 aromatic carbocycles. The molecule has 1 spiro atoms. The maximum atomic E-state index is 12.8. The second kappa shape index (κ2) is 6.83. The molecule has 5 heterocycles. The smallest absolute Gasteiger partial charge is 0.254 e. The van der Waals surface area contributed by atoms with E-state index in [9.17, 15) is 4.79 Å². The number of hydrogen-bond acceptors (Lipinski definition) is 5. The summed E-state index contributed by atoms with van der Waals surface area (Å²) in [5, 5.41) is 7.47. The Balaban J connectivity index is 1.30. The zero-order valence-electron chi connectivity index (χ0n) is 17.4. The highest BCUT2D eigenvalue weighted by Gasteiger charge is 2.63. The predicted molar refractivity (Wildman–Crippen MR) is 110 cm³/mol. The first-order chi connectivity index (χ1) is 14.0. The predicted octanol–water partition coefficient (Wildman–Crippen LogP) is 2.33. The van der Waals surface area contributed by atoms with E-state index >= 15 is 0 Å². The number of ether oxygens (including phenoxy) is 1. The van der Waals surface area contributed by atoms with Gasteiger partial charge in [-0.3, -0.25) is 9.48 Å². The molecule has 7 nitrogen and oxygen atoms in total. The highest BCUT2D eigenvalue weighted by molar-refractivity contribution is 5.95. The van der Waals surface area contributed by atoms with E-state index in [2.05, 4.69) is 33.3 Å². The molecule has 3 fully saturated rings. The van der Waals surface area contributed by atoms with Crippen molar-refractivity contribution in [3.63, 3.8) is 0 Å². The molecule has 0 aliphatic carbocycles. The molecular weight excluding hydrogens is 366 g/mol. The third kappa shape index (κ3) is 2.86. The minimum atomic E-state index is -0.0764. The fourth-order valence-electron chi connectivity index (χ4n) is 5.73. The number of nitrogens with zero attached hydrogens (tertiary/aromatic N) is 4. The standard InChI is InChI=1S/C22H29N5O2/c1-4-27-15(3)16(11-25-27)21(28)24-10-17-18-12-26(20-14(2)6-5-9-23-20)13-22(18)8-7-19(17)29-22/h5-6,9,11,17-19H,4,7-8,10,12-13H2,1-3H3,(H,24,28)/t17-,18+,19+,22+/m0/s1. The Morgan fingerprint density at radius 3 is 3.03 bits per heavy atom. The minimum absolute atomic E-state index is 0.0329. The number of fused-ring (bicyclic) bond motifs is 1. The van der Waals surface area contributed by atoms with Gasteiger partial charge in [0, 0.05) is 49.9 Å². The van der Waals surface area contributed by atoms with Crippen molar-refractivity contribution in [3.8, 4) is 0 Å². The van der Waals surface area contributed by atoms with E-state index in [-0.39, 0.29) is 17.6 Å². The van der Waals surface area contributed by atoms with Crippen LogP contribution in [0.3, 0.4) is 0 Å². The van der Waals surface area contributed by atoms with E-state index in [1.807, 2.05) is 30.8 Å². The number of amides is 1. The van der Waals surface area contributed by atoms with Crippen LogP contribution in [0.25, 0.3) is 0 Å². The van der Waals surface area contributed by atoms with Gasteiger partial charge >= 0.3 is 0 Å². The Morgan fingerprint density at radius 2 is 2.28 bits per heavy atom. The third-order valence-electron chi connectivity index (χ3n) is 7.21. The quantitative estimate of drug-likeness (QED) is 0.841. The Bertz CT molecular complexity index is 941. The maximum absolute atomic E-state index is 12.8. The molecule has 3 aliphatic heterocycles. The maximum Gasteiger partial charge on any atom is 0.254 e. The number of pyridine rings is 1. The van der Waals surface area contributed by atoms with Crippen molar-refractivity contribution in [3.05, 3.63) is 41.3 Å². The third-order valence-corrected chi connectivity index (χ3v) is 7.21. The number of carbonyl (C=O) groups excluding carboxylic acids is 1. The molecule has 3 aliphatic rings. The molecule has 3 saturated heterocycles. The van der Waals surface area contributed by atoms with Gasteiger partial charge in [0.1, 0.15) is 5.82 Å². The largest absolute Gasteiger partial charge is 0.369 e. The Hall–Kier alpha value is -2.41. The van der Waals surface area contributed by atoms with Crippen LogP contribution >= 0.6 is 0 Å². The summed E-state index contributed by atoms with van der Waals surface area (Å²) in [7, 11) is 0. The van der Waals surface area contributed by atoms with Crippen molar-refractivity contribution in [2.75, 3.05) is 24.5 Å². The first kappa shape index (κ1) is 18.6. The van der Waals surface area contributed by atoms with Crippen molar-refractivity contribution in [1.29, 1.82) is 0 Å². The van der Waals surface area contributed by atoms with Crippen molar-refractivity contribution in [2.45, 2.75) is 51.9 Å². The van der Waals surface area contributed by atoms with Gasteiger partial charge in [-0.05, 0) is 45.2 Å². The van der Waals surface area contributed by atoms with E-state index in [1.165, 1.54) is 5.56 Å². The Kier molecular flexibility index (Phi) is 4.38. The monoisotopic (exact) mass is 395 g/mol. The molecule has 0 unspecified atom stereocenters. The molecule has 1 N–H and O–H groups in total. The van der Waals surface area contributed by atoms with Crippen molar-refractivity contribution in [1.82, 2.24) is 20.1 Å². The molecular formula is C22H29N5O2. The lowest BCUT2D eigenvalue weighted by molar-refractivity contribution is 0.0141. The van der Waals surface area contributed by atoms with Gasteiger partial charge in [0.15, 0.2) is 0 Å².